The third kappa shape index (κ3) is 47.1. The number of ether oxygens (including phenoxy) is 3. The molecule has 0 radical (unpaired) electrons. The van der Waals surface area contributed by atoms with Crippen molar-refractivity contribution in [3.63, 3.8) is 0 Å². The van der Waals surface area contributed by atoms with E-state index >= 15 is 0 Å². The van der Waals surface area contributed by atoms with Crippen LogP contribution in [0.25, 0.3) is 0 Å². The van der Waals surface area contributed by atoms with E-state index in [1.807, 2.05) is 12.2 Å². The van der Waals surface area contributed by atoms with E-state index in [2.05, 4.69) is 118 Å². The quantitative estimate of drug-likeness (QED) is 0.0200. The summed E-state index contributed by atoms with van der Waals surface area (Å²) in [6.45, 7) is 6.37. The number of allylic oxidation sites excluding steroid dienone is 18. The number of carbonyl (C=O) groups excluding carboxylic acids is 3. The molecule has 0 saturated heterocycles. The molecule has 0 aromatic rings. The molecule has 0 fully saturated rings. The lowest BCUT2D eigenvalue weighted by Crippen LogP contribution is -2.30. The first-order chi connectivity index (χ1) is 30.5. The molecule has 0 aliphatic rings. The minimum absolute atomic E-state index is 0.116. The zero-order valence-electron chi connectivity index (χ0n) is 39.8. The van der Waals surface area contributed by atoms with Crippen LogP contribution in [0.15, 0.2) is 109 Å². The summed E-state index contributed by atoms with van der Waals surface area (Å²) in [6, 6.07) is 0. The van der Waals surface area contributed by atoms with Gasteiger partial charge in [-0.2, -0.15) is 0 Å². The van der Waals surface area contributed by atoms with Crippen LogP contribution in [0.1, 0.15) is 207 Å². The summed E-state index contributed by atoms with van der Waals surface area (Å²) < 4.78 is 16.7. The van der Waals surface area contributed by atoms with Crippen molar-refractivity contribution in [2.45, 2.75) is 213 Å². The zero-order valence-corrected chi connectivity index (χ0v) is 39.8. The molecule has 0 saturated carbocycles. The summed E-state index contributed by atoms with van der Waals surface area (Å²) in [5.41, 5.74) is 0. The minimum atomic E-state index is -0.826. The van der Waals surface area contributed by atoms with E-state index in [1.165, 1.54) is 64.2 Å². The molecule has 0 aromatic heterocycles. The van der Waals surface area contributed by atoms with E-state index in [0.29, 0.717) is 19.3 Å². The van der Waals surface area contributed by atoms with Crippen LogP contribution in [0.3, 0.4) is 0 Å². The first-order valence-electron chi connectivity index (χ1n) is 24.9. The van der Waals surface area contributed by atoms with Crippen LogP contribution in [0.5, 0.6) is 0 Å². The van der Waals surface area contributed by atoms with Crippen molar-refractivity contribution in [2.24, 2.45) is 0 Å². The Morgan fingerprint density at radius 3 is 1.19 bits per heavy atom. The summed E-state index contributed by atoms with van der Waals surface area (Å²) in [4.78, 5) is 37.8. The van der Waals surface area contributed by atoms with Gasteiger partial charge in [0.1, 0.15) is 13.2 Å². The van der Waals surface area contributed by atoms with Crippen LogP contribution in [-0.2, 0) is 28.6 Å². The van der Waals surface area contributed by atoms with Crippen LogP contribution >= 0.6 is 0 Å². The predicted octanol–water partition coefficient (Wildman–Crippen LogP) is 16.4. The number of unbranched alkanes of at least 4 members (excludes halogenated alkanes) is 17. The number of esters is 3. The van der Waals surface area contributed by atoms with Crippen molar-refractivity contribution >= 4 is 17.9 Å². The number of rotatable bonds is 43. The van der Waals surface area contributed by atoms with E-state index in [4.69, 9.17) is 14.2 Å². The van der Waals surface area contributed by atoms with E-state index in [0.717, 1.165) is 96.3 Å². The highest BCUT2D eigenvalue weighted by molar-refractivity contribution is 5.71. The molecule has 6 nitrogen and oxygen atoms in total. The van der Waals surface area contributed by atoms with Gasteiger partial charge in [0.05, 0.1) is 0 Å². The standard InChI is InChI=1S/C56H90O6/c1-4-7-10-13-16-19-22-24-26-28-29-31-32-34-37-40-43-46-49-55(58)61-52-53(51-60-54(57)48-45-42-39-36-21-18-15-12-9-6-3)62-56(59)50-47-44-41-38-35-33-30-27-25-23-20-17-14-11-8-5-2/h8,11,16-17,19-20,22,24-29,31,33,35,41,44,53H,4-7,9-10,12-15,18,21,23,30,32,34,36-40,42-43,45-52H2,1-3H3/b11-8-,19-16-,20-17-,24-22-,27-25-,28-26-,31-29-,35-33-,44-41-. The molecule has 0 bridgehead atoms. The summed E-state index contributed by atoms with van der Waals surface area (Å²) in [6.07, 6.45) is 66.5. The van der Waals surface area contributed by atoms with Crippen molar-refractivity contribution in [3.05, 3.63) is 109 Å². The van der Waals surface area contributed by atoms with E-state index in [1.54, 1.807) is 0 Å². The summed E-state index contributed by atoms with van der Waals surface area (Å²) in [5.74, 6) is -1.03. The highest BCUT2D eigenvalue weighted by Crippen LogP contribution is 2.13. The molecule has 0 amide bonds. The second-order valence-electron chi connectivity index (χ2n) is 16.1. The molecule has 350 valence electrons. The number of hydrogen-bond donors (Lipinski definition) is 0. The Balaban J connectivity index is 4.54. The van der Waals surface area contributed by atoms with Gasteiger partial charge >= 0.3 is 17.9 Å². The first-order valence-corrected chi connectivity index (χ1v) is 24.9. The van der Waals surface area contributed by atoms with Crippen molar-refractivity contribution < 1.29 is 28.6 Å². The third-order valence-electron chi connectivity index (χ3n) is 10.1. The topological polar surface area (TPSA) is 78.9 Å². The van der Waals surface area contributed by atoms with Gasteiger partial charge in [0, 0.05) is 19.3 Å². The molecule has 0 rings (SSSR count). The second-order valence-corrected chi connectivity index (χ2v) is 16.1. The van der Waals surface area contributed by atoms with Crippen LogP contribution in [0, 0.1) is 0 Å². The molecule has 62 heavy (non-hydrogen) atoms. The van der Waals surface area contributed by atoms with Gasteiger partial charge in [-0.05, 0) is 77.0 Å². The lowest BCUT2D eigenvalue weighted by atomic mass is 10.1. The van der Waals surface area contributed by atoms with Gasteiger partial charge in [-0.25, -0.2) is 0 Å². The summed E-state index contributed by atoms with van der Waals surface area (Å²) >= 11 is 0. The molecular weight excluding hydrogens is 769 g/mol. The Kier molecular flexibility index (Phi) is 46.6. The maximum Gasteiger partial charge on any atom is 0.306 e. The Hall–Kier alpha value is -3.93. The van der Waals surface area contributed by atoms with Crippen molar-refractivity contribution in [1.82, 2.24) is 0 Å². The molecule has 0 heterocycles. The van der Waals surface area contributed by atoms with Crippen molar-refractivity contribution in [2.75, 3.05) is 13.2 Å². The third-order valence-corrected chi connectivity index (χ3v) is 10.1. The van der Waals surface area contributed by atoms with Crippen molar-refractivity contribution in [3.8, 4) is 0 Å². The average Bonchev–Trinajstić information content (AvgIpc) is 3.27. The Morgan fingerprint density at radius 1 is 0.355 bits per heavy atom. The SMILES string of the molecule is CC/C=C\C/C=C\C/C=C\C/C=C\C/C=C\CCC(=O)OC(COC(=O)CCCCCCC\C=C/C=C\C=C/C=C\CCCCC)COC(=O)CCCCCCCCCCCC. The van der Waals surface area contributed by atoms with Gasteiger partial charge in [0.2, 0.25) is 0 Å². The minimum Gasteiger partial charge on any atom is -0.462 e. The zero-order chi connectivity index (χ0) is 45.1. The molecule has 1 atom stereocenters. The van der Waals surface area contributed by atoms with Crippen LogP contribution in [0.2, 0.25) is 0 Å². The number of hydrogen-bond acceptors (Lipinski definition) is 6. The first kappa shape index (κ1) is 58.1. The Labute approximate surface area is 380 Å². The maximum atomic E-state index is 12.7. The van der Waals surface area contributed by atoms with Gasteiger partial charge in [0.25, 0.3) is 0 Å². The molecule has 6 heteroatoms. The summed E-state index contributed by atoms with van der Waals surface area (Å²) in [5, 5.41) is 0. The molecular formula is C56H90O6. The molecule has 1 unspecified atom stereocenters. The highest BCUT2D eigenvalue weighted by Gasteiger charge is 2.19. The van der Waals surface area contributed by atoms with Crippen LogP contribution in [0.4, 0.5) is 0 Å². The van der Waals surface area contributed by atoms with Crippen molar-refractivity contribution in [1.29, 1.82) is 0 Å². The smallest absolute Gasteiger partial charge is 0.306 e. The Morgan fingerprint density at radius 2 is 0.726 bits per heavy atom. The van der Waals surface area contributed by atoms with Gasteiger partial charge in [0.15, 0.2) is 6.10 Å². The maximum absolute atomic E-state index is 12.7. The fourth-order valence-corrected chi connectivity index (χ4v) is 6.38. The largest absolute Gasteiger partial charge is 0.462 e. The monoisotopic (exact) mass is 859 g/mol. The van der Waals surface area contributed by atoms with Gasteiger partial charge < -0.3 is 14.2 Å². The molecule has 0 aromatic carbocycles. The van der Waals surface area contributed by atoms with Crippen LogP contribution in [-0.4, -0.2) is 37.2 Å². The summed E-state index contributed by atoms with van der Waals surface area (Å²) in [7, 11) is 0. The van der Waals surface area contributed by atoms with Gasteiger partial charge in [-0.1, -0.05) is 220 Å². The van der Waals surface area contributed by atoms with E-state index in [9.17, 15) is 14.4 Å². The highest BCUT2D eigenvalue weighted by atomic mass is 16.6. The fraction of sp³-hybridized carbons (Fsp3) is 0.625. The van der Waals surface area contributed by atoms with Crippen LogP contribution < -0.4 is 0 Å². The average molecular weight is 859 g/mol. The fourth-order valence-electron chi connectivity index (χ4n) is 6.38. The number of carbonyl (C=O) groups is 3. The van der Waals surface area contributed by atoms with Gasteiger partial charge in [-0.15, -0.1) is 0 Å². The second kappa shape index (κ2) is 49.7. The predicted molar refractivity (Wildman–Crippen MR) is 265 cm³/mol. The molecule has 0 aliphatic heterocycles. The molecule has 0 spiro atoms. The Bertz CT molecular complexity index is 1310. The van der Waals surface area contributed by atoms with Gasteiger partial charge in [-0.3, -0.25) is 14.4 Å². The normalized spacial score (nSPS) is 13.0. The van der Waals surface area contributed by atoms with E-state index in [-0.39, 0.29) is 31.6 Å². The molecule has 0 N–H and O–H groups in total. The lowest BCUT2D eigenvalue weighted by Gasteiger charge is -2.18. The van der Waals surface area contributed by atoms with E-state index < -0.39 is 12.1 Å². The molecule has 0 aliphatic carbocycles. The lowest BCUT2D eigenvalue weighted by molar-refractivity contribution is -0.166.